The molecule has 2 aliphatic heterocycles. The summed E-state index contributed by atoms with van der Waals surface area (Å²) in [5.41, 5.74) is 0. The summed E-state index contributed by atoms with van der Waals surface area (Å²) < 4.78 is 0. The fraction of sp³-hybridized carbons (Fsp3) is 0.938. The number of likely N-dealkylation sites (tertiary alicyclic amines) is 1. The smallest absolute Gasteiger partial charge is 0.319 e. The van der Waals surface area contributed by atoms with Crippen LogP contribution in [0.5, 0.6) is 0 Å². The molecule has 2 aliphatic rings. The Morgan fingerprint density at radius 1 is 1.14 bits per heavy atom. The van der Waals surface area contributed by atoms with Gasteiger partial charge in [-0.05, 0) is 51.2 Å². The molecule has 2 fully saturated rings. The summed E-state index contributed by atoms with van der Waals surface area (Å²) in [6, 6.07) is 0.825. The molecule has 2 amide bonds. The molecule has 0 atom stereocenters. The minimum Gasteiger partial charge on any atom is -0.331 e. The van der Waals surface area contributed by atoms with E-state index in [0.717, 1.165) is 38.4 Å². The number of amides is 2. The summed E-state index contributed by atoms with van der Waals surface area (Å²) in [5.74, 6) is 0.854. The monoisotopic (exact) mass is 296 g/mol. The van der Waals surface area contributed by atoms with Crippen molar-refractivity contribution in [1.29, 1.82) is 0 Å². The van der Waals surface area contributed by atoms with Crippen LogP contribution in [0.15, 0.2) is 0 Å². The van der Waals surface area contributed by atoms with Crippen LogP contribution in [0, 0.1) is 5.92 Å². The first kappa shape index (κ1) is 16.6. The van der Waals surface area contributed by atoms with E-state index in [2.05, 4.69) is 17.1 Å². The maximum absolute atomic E-state index is 12.0. The Balaban J connectivity index is 1.79. The molecule has 0 aromatic heterocycles. The van der Waals surface area contributed by atoms with Crippen molar-refractivity contribution in [3.8, 4) is 0 Å². The van der Waals surface area contributed by atoms with Gasteiger partial charge in [0.1, 0.15) is 0 Å². The van der Waals surface area contributed by atoms with Gasteiger partial charge >= 0.3 is 6.03 Å². The molecule has 21 heavy (non-hydrogen) atoms. The van der Waals surface area contributed by atoms with Crippen molar-refractivity contribution < 1.29 is 4.79 Å². The van der Waals surface area contributed by atoms with Crippen LogP contribution >= 0.6 is 0 Å². The predicted octanol–water partition coefficient (Wildman–Crippen LogP) is 1.45. The van der Waals surface area contributed by atoms with Crippen molar-refractivity contribution >= 4 is 6.03 Å². The molecule has 5 heteroatoms. The number of rotatable bonds is 4. The van der Waals surface area contributed by atoms with E-state index < -0.39 is 0 Å². The number of carbonyl (C=O) groups excluding carboxylic acids is 1. The van der Waals surface area contributed by atoms with Crippen molar-refractivity contribution in [1.82, 2.24) is 20.0 Å². The van der Waals surface area contributed by atoms with E-state index in [4.69, 9.17) is 0 Å². The van der Waals surface area contributed by atoms with E-state index in [1.165, 1.54) is 32.5 Å². The van der Waals surface area contributed by atoms with E-state index in [1.54, 1.807) is 4.90 Å². The summed E-state index contributed by atoms with van der Waals surface area (Å²) in [6.45, 7) is 8.82. The van der Waals surface area contributed by atoms with Crippen LogP contribution < -0.4 is 5.32 Å². The third-order valence-corrected chi connectivity index (χ3v) is 4.99. The molecule has 0 aromatic rings. The van der Waals surface area contributed by atoms with Gasteiger partial charge in [-0.15, -0.1) is 0 Å². The van der Waals surface area contributed by atoms with Gasteiger partial charge in [0.2, 0.25) is 0 Å². The van der Waals surface area contributed by atoms with Crippen LogP contribution in [-0.4, -0.2) is 80.1 Å². The van der Waals surface area contributed by atoms with Gasteiger partial charge in [-0.1, -0.05) is 6.92 Å². The highest BCUT2D eigenvalue weighted by Gasteiger charge is 2.28. The zero-order valence-corrected chi connectivity index (χ0v) is 14.0. The van der Waals surface area contributed by atoms with E-state index in [1.807, 2.05) is 19.0 Å². The molecule has 0 aliphatic carbocycles. The summed E-state index contributed by atoms with van der Waals surface area (Å²) >= 11 is 0. The largest absolute Gasteiger partial charge is 0.331 e. The van der Waals surface area contributed by atoms with Crippen LogP contribution in [0.4, 0.5) is 4.79 Å². The van der Waals surface area contributed by atoms with Crippen LogP contribution in [0.3, 0.4) is 0 Å². The second-order valence-electron chi connectivity index (χ2n) is 6.68. The van der Waals surface area contributed by atoms with E-state index >= 15 is 0 Å². The summed E-state index contributed by atoms with van der Waals surface area (Å²) in [7, 11) is 3.67. The highest BCUT2D eigenvalue weighted by atomic mass is 16.2. The van der Waals surface area contributed by atoms with Crippen molar-refractivity contribution in [2.75, 3.05) is 53.4 Å². The number of piperidine rings is 2. The fourth-order valence-corrected chi connectivity index (χ4v) is 3.64. The molecule has 2 rings (SSSR count). The molecule has 0 spiro atoms. The Bertz CT molecular complexity index is 320. The Hall–Kier alpha value is -0.810. The minimum absolute atomic E-state index is 0.162. The molecule has 0 radical (unpaired) electrons. The molecule has 0 bridgehead atoms. The molecule has 0 aromatic carbocycles. The lowest BCUT2D eigenvalue weighted by Gasteiger charge is -2.40. The Labute approximate surface area is 129 Å². The fourth-order valence-electron chi connectivity index (χ4n) is 3.64. The topological polar surface area (TPSA) is 38.8 Å². The van der Waals surface area contributed by atoms with Gasteiger partial charge in [0.25, 0.3) is 0 Å². The molecule has 2 heterocycles. The number of nitrogens with one attached hydrogen (secondary N) is 1. The third-order valence-electron chi connectivity index (χ3n) is 4.99. The summed E-state index contributed by atoms with van der Waals surface area (Å²) in [5, 5.41) is 3.45. The van der Waals surface area contributed by atoms with E-state index in [9.17, 15) is 4.79 Å². The quantitative estimate of drug-likeness (QED) is 0.853. The lowest BCUT2D eigenvalue weighted by atomic mass is 9.95. The number of carbonyl (C=O) groups is 1. The van der Waals surface area contributed by atoms with E-state index in [-0.39, 0.29) is 6.03 Å². The predicted molar refractivity (Wildman–Crippen MR) is 86.5 cm³/mol. The second-order valence-corrected chi connectivity index (χ2v) is 6.68. The first-order valence-electron chi connectivity index (χ1n) is 8.52. The average Bonchev–Trinajstić information content (AvgIpc) is 2.53. The number of urea groups is 1. The van der Waals surface area contributed by atoms with Crippen LogP contribution in [0.1, 0.15) is 32.6 Å². The molecule has 1 N–H and O–H groups in total. The van der Waals surface area contributed by atoms with Gasteiger partial charge in [0, 0.05) is 39.8 Å². The van der Waals surface area contributed by atoms with Gasteiger partial charge in [-0.25, -0.2) is 4.79 Å². The maximum Gasteiger partial charge on any atom is 0.319 e. The second kappa shape index (κ2) is 7.99. The van der Waals surface area contributed by atoms with Crippen LogP contribution in [0.25, 0.3) is 0 Å². The van der Waals surface area contributed by atoms with Gasteiger partial charge < -0.3 is 20.0 Å². The zero-order valence-electron chi connectivity index (χ0n) is 14.0. The first-order valence-corrected chi connectivity index (χ1v) is 8.52. The zero-order chi connectivity index (χ0) is 15.2. The van der Waals surface area contributed by atoms with Gasteiger partial charge in [0.15, 0.2) is 0 Å². The summed E-state index contributed by atoms with van der Waals surface area (Å²) in [4.78, 5) is 18.3. The molecule has 5 nitrogen and oxygen atoms in total. The lowest BCUT2D eigenvalue weighted by molar-refractivity contribution is 0.0947. The number of hydrogen-bond donors (Lipinski definition) is 1. The molecule has 2 saturated heterocycles. The van der Waals surface area contributed by atoms with Gasteiger partial charge in [-0.3, -0.25) is 0 Å². The van der Waals surface area contributed by atoms with Crippen molar-refractivity contribution in [3.63, 3.8) is 0 Å². The third kappa shape index (κ3) is 4.58. The van der Waals surface area contributed by atoms with Crippen LogP contribution in [0.2, 0.25) is 0 Å². The average molecular weight is 296 g/mol. The standard InChI is InChI=1S/C16H32N4O/c1-4-19(13-14-5-9-17-10-6-14)15-7-11-20(12-8-15)16(21)18(2)3/h14-15,17H,4-13H2,1-3H3. The number of nitrogens with zero attached hydrogens (tertiary/aromatic N) is 3. The Morgan fingerprint density at radius 3 is 2.29 bits per heavy atom. The first-order chi connectivity index (χ1) is 10.1. The molecule has 0 unspecified atom stereocenters. The lowest BCUT2D eigenvalue weighted by Crippen LogP contribution is -2.50. The molecular formula is C16H32N4O. The SMILES string of the molecule is CCN(CC1CCNCC1)C1CCN(C(=O)N(C)C)CC1. The Kier molecular flexibility index (Phi) is 6.30. The maximum atomic E-state index is 12.0. The van der Waals surface area contributed by atoms with Crippen molar-refractivity contribution in [2.24, 2.45) is 5.92 Å². The molecule has 122 valence electrons. The van der Waals surface area contributed by atoms with Crippen molar-refractivity contribution in [3.05, 3.63) is 0 Å². The van der Waals surface area contributed by atoms with Crippen molar-refractivity contribution in [2.45, 2.75) is 38.6 Å². The summed E-state index contributed by atoms with van der Waals surface area (Å²) in [6.07, 6.45) is 4.87. The molecule has 0 saturated carbocycles. The normalized spacial score (nSPS) is 21.8. The highest BCUT2D eigenvalue weighted by Crippen LogP contribution is 2.21. The molecular weight excluding hydrogens is 264 g/mol. The Morgan fingerprint density at radius 2 is 1.76 bits per heavy atom. The van der Waals surface area contributed by atoms with Gasteiger partial charge in [0.05, 0.1) is 0 Å². The number of hydrogen-bond acceptors (Lipinski definition) is 3. The van der Waals surface area contributed by atoms with Gasteiger partial charge in [-0.2, -0.15) is 0 Å². The van der Waals surface area contributed by atoms with E-state index in [0.29, 0.717) is 6.04 Å². The highest BCUT2D eigenvalue weighted by molar-refractivity contribution is 5.73. The van der Waals surface area contributed by atoms with Crippen LogP contribution in [-0.2, 0) is 0 Å². The minimum atomic E-state index is 0.162.